The van der Waals surface area contributed by atoms with Crippen LogP contribution >= 0.6 is 0 Å². The first kappa shape index (κ1) is 17.3. The van der Waals surface area contributed by atoms with Gasteiger partial charge in [-0.3, -0.25) is 4.79 Å². The number of aliphatic hydroxyl groups is 1. The molecule has 1 rings (SSSR count). The summed E-state index contributed by atoms with van der Waals surface area (Å²) in [7, 11) is 0. The lowest BCUT2D eigenvalue weighted by Gasteiger charge is -2.16. The first-order valence-corrected chi connectivity index (χ1v) is 7.27. The maximum atomic E-state index is 12.2. The zero-order valence-corrected chi connectivity index (χ0v) is 13.1. The van der Waals surface area contributed by atoms with Gasteiger partial charge in [-0.25, -0.2) is 4.68 Å². The van der Waals surface area contributed by atoms with Gasteiger partial charge in [-0.2, -0.15) is 10.4 Å². The SMILES string of the molecule is CCc1nn(CC(O)COC(C)C)c(=O)c(C#N)c1CC. The van der Waals surface area contributed by atoms with Gasteiger partial charge in [-0.1, -0.05) is 13.8 Å². The van der Waals surface area contributed by atoms with Gasteiger partial charge >= 0.3 is 0 Å². The molecule has 21 heavy (non-hydrogen) atoms. The lowest BCUT2D eigenvalue weighted by atomic mass is 10.0. The van der Waals surface area contributed by atoms with Gasteiger partial charge in [0.25, 0.3) is 5.56 Å². The van der Waals surface area contributed by atoms with Crippen molar-refractivity contribution in [1.29, 1.82) is 5.26 Å². The number of aryl methyl sites for hydroxylation is 1. The molecule has 6 heteroatoms. The van der Waals surface area contributed by atoms with Crippen molar-refractivity contribution in [2.24, 2.45) is 0 Å². The highest BCUT2D eigenvalue weighted by Crippen LogP contribution is 2.10. The van der Waals surface area contributed by atoms with Crippen molar-refractivity contribution < 1.29 is 9.84 Å². The molecule has 1 atom stereocenters. The number of aromatic nitrogens is 2. The molecule has 1 unspecified atom stereocenters. The molecule has 0 saturated heterocycles. The zero-order valence-electron chi connectivity index (χ0n) is 13.1. The van der Waals surface area contributed by atoms with E-state index < -0.39 is 11.7 Å². The number of nitriles is 1. The largest absolute Gasteiger partial charge is 0.389 e. The van der Waals surface area contributed by atoms with Gasteiger partial charge in [0.2, 0.25) is 0 Å². The van der Waals surface area contributed by atoms with Gasteiger partial charge in [-0.05, 0) is 32.3 Å². The molecule has 0 aromatic carbocycles. The average Bonchev–Trinajstić information content (AvgIpc) is 2.46. The monoisotopic (exact) mass is 293 g/mol. The fourth-order valence-electron chi connectivity index (χ4n) is 2.11. The van der Waals surface area contributed by atoms with Crippen molar-refractivity contribution in [2.75, 3.05) is 6.61 Å². The molecule has 0 aliphatic rings. The van der Waals surface area contributed by atoms with Crippen molar-refractivity contribution in [1.82, 2.24) is 9.78 Å². The summed E-state index contributed by atoms with van der Waals surface area (Å²) < 4.78 is 6.49. The molecule has 1 aromatic rings. The van der Waals surface area contributed by atoms with E-state index in [4.69, 9.17) is 4.74 Å². The topological polar surface area (TPSA) is 88.1 Å². The van der Waals surface area contributed by atoms with E-state index in [9.17, 15) is 15.2 Å². The third-order valence-corrected chi connectivity index (χ3v) is 3.15. The first-order chi connectivity index (χ1) is 9.94. The highest BCUT2D eigenvalue weighted by molar-refractivity contribution is 5.37. The standard InChI is InChI=1S/C15H23N3O3/c1-5-12-13(7-16)15(20)18(17-14(12)6-2)8-11(19)9-21-10(3)4/h10-11,19H,5-6,8-9H2,1-4H3. The van der Waals surface area contributed by atoms with Crippen LogP contribution in [0.1, 0.15) is 44.5 Å². The summed E-state index contributed by atoms with van der Waals surface area (Å²) in [5, 5.41) is 23.4. The Morgan fingerprint density at radius 2 is 2.05 bits per heavy atom. The van der Waals surface area contributed by atoms with Crippen molar-refractivity contribution >= 4 is 0 Å². The normalized spacial score (nSPS) is 12.4. The second-order valence-corrected chi connectivity index (χ2v) is 5.14. The average molecular weight is 293 g/mol. The summed E-state index contributed by atoms with van der Waals surface area (Å²) in [6.07, 6.45) is 0.402. The van der Waals surface area contributed by atoms with E-state index in [2.05, 4.69) is 5.10 Å². The molecule has 0 saturated carbocycles. The fraction of sp³-hybridized carbons (Fsp3) is 0.667. The van der Waals surface area contributed by atoms with Crippen LogP contribution in [0, 0.1) is 11.3 Å². The minimum absolute atomic E-state index is 0.00710. The van der Waals surface area contributed by atoms with Crippen LogP contribution in [-0.4, -0.2) is 33.7 Å². The number of hydrogen-bond donors (Lipinski definition) is 1. The Kier molecular flexibility index (Phi) is 6.53. The van der Waals surface area contributed by atoms with E-state index >= 15 is 0 Å². The quantitative estimate of drug-likeness (QED) is 0.811. The molecule has 0 aliphatic carbocycles. The smallest absolute Gasteiger partial charge is 0.285 e. The van der Waals surface area contributed by atoms with Crippen LogP contribution in [0.5, 0.6) is 0 Å². The Morgan fingerprint density at radius 3 is 2.52 bits per heavy atom. The molecule has 0 fully saturated rings. The summed E-state index contributed by atoms with van der Waals surface area (Å²) in [4.78, 5) is 12.2. The molecule has 1 aromatic heterocycles. The first-order valence-electron chi connectivity index (χ1n) is 7.27. The molecule has 0 spiro atoms. The van der Waals surface area contributed by atoms with Crippen LogP contribution in [0.2, 0.25) is 0 Å². The van der Waals surface area contributed by atoms with Crippen LogP contribution in [0.4, 0.5) is 0 Å². The van der Waals surface area contributed by atoms with E-state index in [1.165, 1.54) is 4.68 Å². The molecule has 6 nitrogen and oxygen atoms in total. The van der Waals surface area contributed by atoms with Gasteiger partial charge in [0, 0.05) is 0 Å². The highest BCUT2D eigenvalue weighted by atomic mass is 16.5. The minimum Gasteiger partial charge on any atom is -0.389 e. The predicted molar refractivity (Wildman–Crippen MR) is 79.1 cm³/mol. The van der Waals surface area contributed by atoms with Crippen molar-refractivity contribution in [3.05, 3.63) is 27.2 Å². The zero-order chi connectivity index (χ0) is 16.0. The highest BCUT2D eigenvalue weighted by Gasteiger charge is 2.17. The summed E-state index contributed by atoms with van der Waals surface area (Å²) in [5.74, 6) is 0. The second kappa shape index (κ2) is 7.91. The molecule has 116 valence electrons. The lowest BCUT2D eigenvalue weighted by Crippen LogP contribution is -2.34. The van der Waals surface area contributed by atoms with Crippen LogP contribution < -0.4 is 5.56 Å². The van der Waals surface area contributed by atoms with Crippen LogP contribution in [-0.2, 0) is 24.1 Å². The van der Waals surface area contributed by atoms with Gasteiger partial charge in [-0.15, -0.1) is 0 Å². The van der Waals surface area contributed by atoms with Crippen molar-refractivity contribution in [3.8, 4) is 6.07 Å². The molecule has 0 aliphatic heterocycles. The molecular formula is C15H23N3O3. The predicted octanol–water partition coefficient (Wildman–Crippen LogP) is 1.03. The Morgan fingerprint density at radius 1 is 1.38 bits per heavy atom. The number of hydrogen-bond acceptors (Lipinski definition) is 5. The van der Waals surface area contributed by atoms with Crippen LogP contribution in [0.15, 0.2) is 4.79 Å². The molecular weight excluding hydrogens is 270 g/mol. The Hall–Kier alpha value is -1.71. The Bertz CT molecular complexity index is 573. The van der Waals surface area contributed by atoms with Gasteiger partial charge in [0.05, 0.1) is 31.1 Å². The maximum absolute atomic E-state index is 12.2. The van der Waals surface area contributed by atoms with E-state index in [0.29, 0.717) is 18.4 Å². The minimum atomic E-state index is -0.832. The molecule has 1 heterocycles. The maximum Gasteiger partial charge on any atom is 0.285 e. The number of ether oxygens (including phenoxy) is 1. The number of nitrogens with zero attached hydrogens (tertiary/aromatic N) is 3. The Balaban J connectivity index is 3.09. The summed E-state index contributed by atoms with van der Waals surface area (Å²) in [6.45, 7) is 7.72. The fourth-order valence-corrected chi connectivity index (χ4v) is 2.11. The molecule has 1 N–H and O–H groups in total. The third kappa shape index (κ3) is 4.38. The second-order valence-electron chi connectivity index (χ2n) is 5.14. The van der Waals surface area contributed by atoms with Crippen molar-refractivity contribution in [2.45, 2.75) is 59.3 Å². The van der Waals surface area contributed by atoms with Crippen LogP contribution in [0.3, 0.4) is 0 Å². The summed E-state index contributed by atoms with van der Waals surface area (Å²) >= 11 is 0. The third-order valence-electron chi connectivity index (χ3n) is 3.15. The molecule has 0 amide bonds. The summed E-state index contributed by atoms with van der Waals surface area (Å²) in [6, 6.07) is 1.97. The van der Waals surface area contributed by atoms with Crippen molar-refractivity contribution in [3.63, 3.8) is 0 Å². The van der Waals surface area contributed by atoms with E-state index in [1.54, 1.807) is 0 Å². The summed E-state index contributed by atoms with van der Waals surface area (Å²) in [5.41, 5.74) is 1.11. The lowest BCUT2D eigenvalue weighted by molar-refractivity contribution is -0.00266. The van der Waals surface area contributed by atoms with Crippen LogP contribution in [0.25, 0.3) is 0 Å². The van der Waals surface area contributed by atoms with E-state index in [-0.39, 0.29) is 24.8 Å². The Labute approximate surface area is 125 Å². The van der Waals surface area contributed by atoms with Gasteiger partial charge in [0.15, 0.2) is 0 Å². The van der Waals surface area contributed by atoms with Gasteiger partial charge in [0.1, 0.15) is 11.6 Å². The number of aliphatic hydroxyl groups excluding tert-OH is 1. The van der Waals surface area contributed by atoms with E-state index in [1.807, 2.05) is 33.8 Å². The van der Waals surface area contributed by atoms with Gasteiger partial charge < -0.3 is 9.84 Å². The number of rotatable bonds is 7. The van der Waals surface area contributed by atoms with E-state index in [0.717, 1.165) is 5.69 Å². The molecule has 0 radical (unpaired) electrons. The molecule has 0 bridgehead atoms.